The highest BCUT2D eigenvalue weighted by Gasteiger charge is 2.30. The highest BCUT2D eigenvalue weighted by atomic mass is 19.4. The van der Waals surface area contributed by atoms with Crippen molar-refractivity contribution >= 4 is 23.4 Å². The van der Waals surface area contributed by atoms with Crippen molar-refractivity contribution in [3.63, 3.8) is 0 Å². The predicted molar refractivity (Wildman–Crippen MR) is 149 cm³/mol. The molecule has 2 aromatic carbocycles. The van der Waals surface area contributed by atoms with Crippen LogP contribution in [-0.4, -0.2) is 46.4 Å². The molecule has 2 heterocycles. The molecule has 0 aliphatic carbocycles. The second kappa shape index (κ2) is 12.9. The average molecular weight is 537 g/mol. The fraction of sp³-hybridized carbons (Fsp3) is 0.355. The van der Waals surface area contributed by atoms with Gasteiger partial charge in [-0.2, -0.15) is 13.2 Å². The van der Waals surface area contributed by atoms with E-state index in [-0.39, 0.29) is 11.9 Å². The van der Waals surface area contributed by atoms with E-state index in [9.17, 15) is 18.0 Å². The minimum Gasteiger partial charge on any atom is -0.355 e. The van der Waals surface area contributed by atoms with Crippen LogP contribution in [0, 0.1) is 6.92 Å². The van der Waals surface area contributed by atoms with E-state index in [0.717, 1.165) is 73.7 Å². The maximum absolute atomic E-state index is 13.4. The van der Waals surface area contributed by atoms with Crippen LogP contribution in [0.15, 0.2) is 72.9 Å². The fourth-order valence-electron chi connectivity index (χ4n) is 4.88. The summed E-state index contributed by atoms with van der Waals surface area (Å²) in [5, 5.41) is 3.37. The molecule has 5 nitrogen and oxygen atoms in total. The lowest BCUT2D eigenvalue weighted by Crippen LogP contribution is -2.46. The number of hydrogen-bond acceptors (Lipinski definition) is 4. The Balaban J connectivity index is 1.47. The topological polar surface area (TPSA) is 48.5 Å². The molecule has 39 heavy (non-hydrogen) atoms. The zero-order valence-corrected chi connectivity index (χ0v) is 22.4. The van der Waals surface area contributed by atoms with Gasteiger partial charge >= 0.3 is 6.18 Å². The van der Waals surface area contributed by atoms with Gasteiger partial charge in [0.25, 0.3) is 0 Å². The van der Waals surface area contributed by atoms with E-state index in [0.29, 0.717) is 12.1 Å². The van der Waals surface area contributed by atoms with Crippen molar-refractivity contribution in [2.75, 3.05) is 25.0 Å². The summed E-state index contributed by atoms with van der Waals surface area (Å²) in [6.45, 7) is 7.52. The number of piperidine rings is 1. The minimum absolute atomic E-state index is 0.0976. The normalized spacial score (nSPS) is 15.0. The molecule has 3 aromatic rings. The van der Waals surface area contributed by atoms with Crippen molar-refractivity contribution in [1.29, 1.82) is 0 Å². The third kappa shape index (κ3) is 8.17. The number of pyridine rings is 1. The van der Waals surface area contributed by atoms with Crippen LogP contribution in [0.5, 0.6) is 0 Å². The van der Waals surface area contributed by atoms with Crippen LogP contribution < -0.4 is 5.32 Å². The Morgan fingerprint density at radius 3 is 2.36 bits per heavy atom. The van der Waals surface area contributed by atoms with Crippen molar-refractivity contribution in [3.05, 3.63) is 95.3 Å². The van der Waals surface area contributed by atoms with Gasteiger partial charge in [0, 0.05) is 55.0 Å². The van der Waals surface area contributed by atoms with Gasteiger partial charge in [0.05, 0.1) is 5.56 Å². The third-order valence-electron chi connectivity index (χ3n) is 6.97. The number of nitrogens with one attached hydrogen (secondary N) is 1. The fourth-order valence-corrected chi connectivity index (χ4v) is 4.88. The number of anilines is 2. The van der Waals surface area contributed by atoms with Gasteiger partial charge in [0.2, 0.25) is 5.91 Å². The number of alkyl halides is 3. The molecule has 1 N–H and O–H groups in total. The van der Waals surface area contributed by atoms with Gasteiger partial charge in [0.15, 0.2) is 0 Å². The summed E-state index contributed by atoms with van der Waals surface area (Å²) in [5.41, 5.74) is 3.69. The SMILES string of the molecule is CCCN1CCC(N(Cc2ccc(Nc3ccnc(C)c3)cc2)C(=O)/C=C/c2ccc(C(F)(F)F)cc2)CC1. The Hall–Kier alpha value is -3.65. The van der Waals surface area contributed by atoms with Gasteiger partial charge in [-0.1, -0.05) is 31.2 Å². The Kier molecular flexibility index (Phi) is 9.41. The van der Waals surface area contributed by atoms with Gasteiger partial charge in [-0.3, -0.25) is 9.78 Å². The lowest BCUT2D eigenvalue weighted by atomic mass is 10.0. The molecule has 0 saturated carbocycles. The highest BCUT2D eigenvalue weighted by molar-refractivity contribution is 5.92. The van der Waals surface area contributed by atoms with E-state index in [1.165, 1.54) is 18.2 Å². The maximum atomic E-state index is 13.4. The molecule has 206 valence electrons. The highest BCUT2D eigenvalue weighted by Crippen LogP contribution is 2.29. The molecule has 8 heteroatoms. The van der Waals surface area contributed by atoms with E-state index in [4.69, 9.17) is 0 Å². The summed E-state index contributed by atoms with van der Waals surface area (Å²) in [6.07, 6.45) is 3.32. The molecule has 0 radical (unpaired) electrons. The van der Waals surface area contributed by atoms with Crippen LogP contribution in [0.3, 0.4) is 0 Å². The molecular weight excluding hydrogens is 501 g/mol. The number of likely N-dealkylation sites (tertiary alicyclic amines) is 1. The first-order valence-electron chi connectivity index (χ1n) is 13.4. The summed E-state index contributed by atoms with van der Waals surface area (Å²) in [6, 6.07) is 16.9. The molecule has 0 bridgehead atoms. The number of aromatic nitrogens is 1. The summed E-state index contributed by atoms with van der Waals surface area (Å²) >= 11 is 0. The Morgan fingerprint density at radius 2 is 1.74 bits per heavy atom. The number of carbonyl (C=O) groups excluding carboxylic acids is 1. The first-order valence-corrected chi connectivity index (χ1v) is 13.4. The van der Waals surface area contributed by atoms with Gasteiger partial charge in [-0.15, -0.1) is 0 Å². The Labute approximate surface area is 228 Å². The van der Waals surface area contributed by atoms with Crippen LogP contribution in [0.2, 0.25) is 0 Å². The lowest BCUT2D eigenvalue weighted by molar-refractivity contribution is -0.137. The number of nitrogens with zero attached hydrogens (tertiary/aromatic N) is 3. The number of rotatable bonds is 9. The van der Waals surface area contributed by atoms with Crippen molar-refractivity contribution in [2.24, 2.45) is 0 Å². The van der Waals surface area contributed by atoms with Crippen molar-refractivity contribution < 1.29 is 18.0 Å². The molecule has 0 unspecified atom stereocenters. The molecule has 1 aliphatic rings. The Morgan fingerprint density at radius 1 is 1.05 bits per heavy atom. The zero-order valence-electron chi connectivity index (χ0n) is 22.4. The summed E-state index contributed by atoms with van der Waals surface area (Å²) in [7, 11) is 0. The number of aryl methyl sites for hydroxylation is 1. The lowest BCUT2D eigenvalue weighted by Gasteiger charge is -2.38. The number of hydrogen-bond donors (Lipinski definition) is 1. The first-order chi connectivity index (χ1) is 18.7. The third-order valence-corrected chi connectivity index (χ3v) is 6.97. The molecule has 1 aliphatic heterocycles. The number of benzene rings is 2. The first kappa shape index (κ1) is 28.4. The average Bonchev–Trinajstić information content (AvgIpc) is 2.92. The van der Waals surface area contributed by atoms with Gasteiger partial charge in [-0.25, -0.2) is 0 Å². The zero-order chi connectivity index (χ0) is 27.8. The van der Waals surface area contributed by atoms with Crippen LogP contribution in [-0.2, 0) is 17.5 Å². The summed E-state index contributed by atoms with van der Waals surface area (Å²) in [5.74, 6) is -0.140. The number of halogens is 3. The van der Waals surface area contributed by atoms with Gasteiger partial charge in [0.1, 0.15) is 0 Å². The van der Waals surface area contributed by atoms with Gasteiger partial charge < -0.3 is 15.1 Å². The monoisotopic (exact) mass is 536 g/mol. The van der Waals surface area contributed by atoms with E-state index in [1.807, 2.05) is 48.2 Å². The predicted octanol–water partition coefficient (Wildman–Crippen LogP) is 7.07. The molecule has 4 rings (SSSR count). The maximum Gasteiger partial charge on any atom is 0.416 e. The standard InChI is InChI=1S/C31H35F3N4O/c1-3-18-37-19-15-29(16-20-37)38(30(39)13-8-24-4-9-26(10-5-24)31(32,33)34)22-25-6-11-27(12-7-25)36-28-14-17-35-23(2)21-28/h4-14,17,21,29H,3,15-16,18-20,22H2,1-2H3,(H,35,36)/b13-8+. The number of carbonyl (C=O) groups is 1. The van der Waals surface area contributed by atoms with Crippen LogP contribution in [0.25, 0.3) is 6.08 Å². The van der Waals surface area contributed by atoms with E-state index < -0.39 is 11.7 Å². The molecule has 1 saturated heterocycles. The molecule has 1 fully saturated rings. The molecule has 1 amide bonds. The number of amides is 1. The van der Waals surface area contributed by atoms with Crippen molar-refractivity contribution in [3.8, 4) is 0 Å². The second-order valence-corrected chi connectivity index (χ2v) is 10.00. The smallest absolute Gasteiger partial charge is 0.355 e. The molecule has 1 aromatic heterocycles. The van der Waals surface area contributed by atoms with E-state index in [2.05, 4.69) is 22.1 Å². The van der Waals surface area contributed by atoms with Crippen LogP contribution in [0.1, 0.15) is 48.6 Å². The largest absolute Gasteiger partial charge is 0.416 e. The second-order valence-electron chi connectivity index (χ2n) is 10.00. The summed E-state index contributed by atoms with van der Waals surface area (Å²) in [4.78, 5) is 22.0. The molecular formula is C31H35F3N4O. The molecule has 0 atom stereocenters. The summed E-state index contributed by atoms with van der Waals surface area (Å²) < 4.78 is 38.7. The van der Waals surface area contributed by atoms with Crippen molar-refractivity contribution in [2.45, 2.75) is 51.9 Å². The van der Waals surface area contributed by atoms with Gasteiger partial charge in [-0.05, 0) is 86.3 Å². The Bertz CT molecular complexity index is 1250. The quantitative estimate of drug-likeness (QED) is 0.297. The van der Waals surface area contributed by atoms with Crippen LogP contribution >= 0.6 is 0 Å². The van der Waals surface area contributed by atoms with Crippen molar-refractivity contribution in [1.82, 2.24) is 14.8 Å². The van der Waals surface area contributed by atoms with E-state index >= 15 is 0 Å². The minimum atomic E-state index is -4.39. The van der Waals surface area contributed by atoms with Crippen LogP contribution in [0.4, 0.5) is 24.5 Å². The molecule has 0 spiro atoms. The van der Waals surface area contributed by atoms with E-state index in [1.54, 1.807) is 12.3 Å².